The van der Waals surface area contributed by atoms with Crippen molar-refractivity contribution in [1.29, 1.82) is 0 Å². The number of aliphatic imine (C=N–C) groups is 1. The number of rotatable bonds is 10. The highest BCUT2D eigenvalue weighted by molar-refractivity contribution is 5.79. The summed E-state index contributed by atoms with van der Waals surface area (Å²) in [6, 6.07) is 0.236. The van der Waals surface area contributed by atoms with Crippen LogP contribution in [0.5, 0.6) is 0 Å². The fourth-order valence-electron chi connectivity index (χ4n) is 3.17. The van der Waals surface area contributed by atoms with E-state index in [9.17, 15) is 0 Å². The summed E-state index contributed by atoms with van der Waals surface area (Å²) >= 11 is 0. The zero-order valence-electron chi connectivity index (χ0n) is 17.3. The second-order valence-corrected chi connectivity index (χ2v) is 7.29. The van der Waals surface area contributed by atoms with Gasteiger partial charge in [-0.3, -0.25) is 9.67 Å². The van der Waals surface area contributed by atoms with E-state index in [-0.39, 0.29) is 6.04 Å². The van der Waals surface area contributed by atoms with Crippen molar-refractivity contribution < 1.29 is 9.47 Å². The minimum atomic E-state index is 0.236. The molecule has 27 heavy (non-hydrogen) atoms. The molecule has 0 spiro atoms. The fraction of sp³-hybridized carbons (Fsp3) is 0.789. The van der Waals surface area contributed by atoms with Crippen LogP contribution in [0.15, 0.2) is 17.4 Å². The van der Waals surface area contributed by atoms with Crippen molar-refractivity contribution in [1.82, 2.24) is 25.3 Å². The molecule has 8 heteroatoms. The predicted molar refractivity (Wildman–Crippen MR) is 108 cm³/mol. The molecule has 1 aliphatic rings. The maximum atomic E-state index is 5.81. The monoisotopic (exact) mass is 380 g/mol. The van der Waals surface area contributed by atoms with Crippen molar-refractivity contribution in [2.45, 2.75) is 25.3 Å². The van der Waals surface area contributed by atoms with Gasteiger partial charge in [-0.05, 0) is 39.3 Å². The van der Waals surface area contributed by atoms with E-state index in [0.29, 0.717) is 5.92 Å². The summed E-state index contributed by atoms with van der Waals surface area (Å²) in [5.74, 6) is 1.48. The van der Waals surface area contributed by atoms with Crippen LogP contribution in [0.3, 0.4) is 0 Å². The Morgan fingerprint density at radius 2 is 2.19 bits per heavy atom. The van der Waals surface area contributed by atoms with Crippen LogP contribution in [0.4, 0.5) is 0 Å². The number of likely N-dealkylation sites (N-methyl/N-ethyl adjacent to an activating group) is 1. The maximum Gasteiger partial charge on any atom is 0.191 e. The number of nitrogens with zero attached hydrogens (tertiary/aromatic N) is 4. The largest absolute Gasteiger partial charge is 0.381 e. The zero-order chi connectivity index (χ0) is 19.5. The molecule has 1 aromatic heterocycles. The minimum Gasteiger partial charge on any atom is -0.381 e. The molecule has 0 aromatic carbocycles. The molecule has 1 unspecified atom stereocenters. The van der Waals surface area contributed by atoms with E-state index in [2.05, 4.69) is 45.9 Å². The van der Waals surface area contributed by atoms with Crippen molar-refractivity contribution in [2.75, 3.05) is 60.7 Å². The van der Waals surface area contributed by atoms with Crippen LogP contribution in [0.1, 0.15) is 30.9 Å². The van der Waals surface area contributed by atoms with Crippen LogP contribution in [0.2, 0.25) is 0 Å². The van der Waals surface area contributed by atoms with E-state index >= 15 is 0 Å². The normalized spacial score (nSPS) is 17.3. The van der Waals surface area contributed by atoms with Gasteiger partial charge in [-0.25, -0.2) is 0 Å². The van der Waals surface area contributed by atoms with Gasteiger partial charge in [-0.15, -0.1) is 0 Å². The molecule has 0 aliphatic carbocycles. The quantitative estimate of drug-likeness (QED) is 0.359. The molecule has 8 nitrogen and oxygen atoms in total. The highest BCUT2D eigenvalue weighted by atomic mass is 16.5. The average molecular weight is 381 g/mol. The zero-order valence-corrected chi connectivity index (χ0v) is 17.3. The number of aryl methyl sites for hydroxylation is 1. The summed E-state index contributed by atoms with van der Waals surface area (Å²) in [5.41, 5.74) is 1.19. The first kappa shape index (κ1) is 21.7. The molecule has 1 fully saturated rings. The van der Waals surface area contributed by atoms with E-state index in [1.807, 2.05) is 17.9 Å². The molecule has 2 heterocycles. The Kier molecular flexibility index (Phi) is 9.58. The lowest BCUT2D eigenvalue weighted by atomic mass is 10.0. The number of hydrogen-bond donors (Lipinski definition) is 2. The molecule has 0 bridgehead atoms. The topological polar surface area (TPSA) is 75.9 Å². The van der Waals surface area contributed by atoms with Gasteiger partial charge in [0.15, 0.2) is 5.96 Å². The molecule has 154 valence electrons. The van der Waals surface area contributed by atoms with Gasteiger partial charge >= 0.3 is 0 Å². The van der Waals surface area contributed by atoms with Crippen molar-refractivity contribution in [2.24, 2.45) is 18.0 Å². The summed E-state index contributed by atoms with van der Waals surface area (Å²) in [5, 5.41) is 11.0. The van der Waals surface area contributed by atoms with Gasteiger partial charge in [-0.1, -0.05) is 0 Å². The molecule has 1 aromatic rings. The number of guanidine groups is 1. The lowest BCUT2D eigenvalue weighted by Crippen LogP contribution is -2.42. The van der Waals surface area contributed by atoms with Gasteiger partial charge in [0.05, 0.1) is 12.2 Å². The van der Waals surface area contributed by atoms with Gasteiger partial charge in [0.2, 0.25) is 0 Å². The van der Waals surface area contributed by atoms with E-state index in [4.69, 9.17) is 9.47 Å². The van der Waals surface area contributed by atoms with Gasteiger partial charge < -0.3 is 25.0 Å². The standard InChI is InChI=1S/C19H36N6O2/c1-20-19(21-8-5-9-27-15-16-6-10-26-11-7-16)22-13-18(24(2)3)17-12-23-25(4)14-17/h12,14,16,18H,5-11,13,15H2,1-4H3,(H2,20,21,22). The average Bonchev–Trinajstić information content (AvgIpc) is 3.09. The lowest BCUT2D eigenvalue weighted by molar-refractivity contribution is 0.0203. The molecule has 0 saturated carbocycles. The summed E-state index contributed by atoms with van der Waals surface area (Å²) < 4.78 is 13.0. The molecular formula is C19H36N6O2. The highest BCUT2D eigenvalue weighted by Crippen LogP contribution is 2.16. The summed E-state index contributed by atoms with van der Waals surface area (Å²) in [6.45, 7) is 4.99. The van der Waals surface area contributed by atoms with E-state index in [1.54, 1.807) is 7.05 Å². The first-order chi connectivity index (χ1) is 13.1. The second-order valence-electron chi connectivity index (χ2n) is 7.29. The van der Waals surface area contributed by atoms with Gasteiger partial charge in [0.25, 0.3) is 0 Å². The third kappa shape index (κ3) is 7.86. The van der Waals surface area contributed by atoms with Crippen LogP contribution >= 0.6 is 0 Å². The van der Waals surface area contributed by atoms with Gasteiger partial charge in [0.1, 0.15) is 0 Å². The molecule has 2 rings (SSSR count). The first-order valence-electron chi connectivity index (χ1n) is 9.85. The molecule has 1 aliphatic heterocycles. The third-order valence-electron chi connectivity index (χ3n) is 4.87. The smallest absolute Gasteiger partial charge is 0.191 e. The number of ether oxygens (including phenoxy) is 2. The Hall–Kier alpha value is -1.64. The second kappa shape index (κ2) is 11.9. The first-order valence-corrected chi connectivity index (χ1v) is 9.85. The summed E-state index contributed by atoms with van der Waals surface area (Å²) in [7, 11) is 7.89. The van der Waals surface area contributed by atoms with Crippen molar-refractivity contribution in [3.63, 3.8) is 0 Å². The van der Waals surface area contributed by atoms with Crippen LogP contribution in [0.25, 0.3) is 0 Å². The van der Waals surface area contributed by atoms with Crippen molar-refractivity contribution >= 4 is 5.96 Å². The van der Waals surface area contributed by atoms with Crippen LogP contribution in [-0.2, 0) is 16.5 Å². The SMILES string of the molecule is CN=C(NCCCOCC1CCOCC1)NCC(c1cnn(C)c1)N(C)C. The van der Waals surface area contributed by atoms with Gasteiger partial charge in [-0.2, -0.15) is 5.10 Å². The maximum absolute atomic E-state index is 5.81. The molecular weight excluding hydrogens is 344 g/mol. The lowest BCUT2D eigenvalue weighted by Gasteiger charge is -2.24. The summed E-state index contributed by atoms with van der Waals surface area (Å²) in [6.07, 6.45) is 7.18. The van der Waals surface area contributed by atoms with Crippen LogP contribution in [0, 0.1) is 5.92 Å². The molecule has 1 atom stereocenters. The molecule has 0 amide bonds. The molecule has 0 radical (unpaired) electrons. The number of hydrogen-bond acceptors (Lipinski definition) is 5. The highest BCUT2D eigenvalue weighted by Gasteiger charge is 2.16. The predicted octanol–water partition coefficient (Wildman–Crippen LogP) is 1.02. The van der Waals surface area contributed by atoms with E-state index in [1.165, 1.54) is 5.56 Å². The van der Waals surface area contributed by atoms with E-state index < -0.39 is 0 Å². The Labute approximate surface area is 163 Å². The van der Waals surface area contributed by atoms with Crippen molar-refractivity contribution in [3.05, 3.63) is 18.0 Å². The third-order valence-corrected chi connectivity index (χ3v) is 4.87. The molecule has 2 N–H and O–H groups in total. The Bertz CT molecular complexity index is 554. The van der Waals surface area contributed by atoms with Gasteiger partial charge in [0, 0.05) is 65.4 Å². The van der Waals surface area contributed by atoms with Crippen LogP contribution < -0.4 is 10.6 Å². The minimum absolute atomic E-state index is 0.236. The Balaban J connectivity index is 1.61. The Morgan fingerprint density at radius 1 is 1.41 bits per heavy atom. The van der Waals surface area contributed by atoms with Crippen molar-refractivity contribution in [3.8, 4) is 0 Å². The molecule has 1 saturated heterocycles. The summed E-state index contributed by atoms with van der Waals surface area (Å²) in [4.78, 5) is 6.49. The number of nitrogens with one attached hydrogen (secondary N) is 2. The Morgan fingerprint density at radius 3 is 2.81 bits per heavy atom. The number of aromatic nitrogens is 2. The van der Waals surface area contributed by atoms with E-state index in [0.717, 1.165) is 64.7 Å². The fourth-order valence-corrected chi connectivity index (χ4v) is 3.17. The van der Waals surface area contributed by atoms with Crippen LogP contribution in [-0.4, -0.2) is 81.3 Å².